The number of H-pyrrole nitrogens is 1. The first-order valence-corrected chi connectivity index (χ1v) is 4.75. The lowest BCUT2D eigenvalue weighted by molar-refractivity contribution is -0.384. The summed E-state index contributed by atoms with van der Waals surface area (Å²) < 4.78 is 0. The van der Waals surface area contributed by atoms with Crippen LogP contribution in [0.4, 0.5) is 5.69 Å². The number of nitrogens with zero attached hydrogens (tertiary/aromatic N) is 2. The quantitative estimate of drug-likeness (QED) is 0.604. The number of fused-ring (bicyclic) bond motifs is 1. The zero-order valence-electron chi connectivity index (χ0n) is 8.57. The number of nitrogens with one attached hydrogen (secondary N) is 1. The average Bonchev–Trinajstić information content (AvgIpc) is 2.56. The molecule has 1 aromatic heterocycles. The summed E-state index contributed by atoms with van der Waals surface area (Å²) in [5.74, 6) is 0.778. The van der Waals surface area contributed by atoms with Gasteiger partial charge in [0, 0.05) is 12.1 Å². The van der Waals surface area contributed by atoms with Crippen LogP contribution < -0.4 is 0 Å². The van der Waals surface area contributed by atoms with E-state index in [0.29, 0.717) is 0 Å². The number of imidazole rings is 1. The molecule has 5 heteroatoms. The Labute approximate surface area is 86.3 Å². The van der Waals surface area contributed by atoms with Gasteiger partial charge in [0.2, 0.25) is 0 Å². The van der Waals surface area contributed by atoms with Crippen LogP contribution in [0.1, 0.15) is 18.3 Å². The molecule has 0 bridgehead atoms. The lowest BCUT2D eigenvalue weighted by Crippen LogP contribution is -1.91. The molecule has 0 amide bonds. The van der Waals surface area contributed by atoms with Crippen molar-refractivity contribution in [3.63, 3.8) is 0 Å². The van der Waals surface area contributed by atoms with Gasteiger partial charge in [-0.2, -0.15) is 0 Å². The maximum Gasteiger partial charge on any atom is 0.271 e. The van der Waals surface area contributed by atoms with Gasteiger partial charge in [-0.25, -0.2) is 4.98 Å². The zero-order chi connectivity index (χ0) is 11.0. The lowest BCUT2D eigenvalue weighted by atomic mass is 10.1. The summed E-state index contributed by atoms with van der Waals surface area (Å²) >= 11 is 0. The molecule has 2 aromatic rings. The summed E-state index contributed by atoms with van der Waals surface area (Å²) in [4.78, 5) is 17.6. The Bertz CT molecular complexity index is 531. The number of hydrogen-bond acceptors (Lipinski definition) is 3. The van der Waals surface area contributed by atoms with Gasteiger partial charge >= 0.3 is 0 Å². The van der Waals surface area contributed by atoms with Crippen LogP contribution in [-0.4, -0.2) is 14.9 Å². The van der Waals surface area contributed by atoms with E-state index in [4.69, 9.17) is 0 Å². The number of aromatic amines is 1. The lowest BCUT2D eigenvalue weighted by Gasteiger charge is -1.98. The zero-order valence-corrected chi connectivity index (χ0v) is 8.57. The molecule has 2 rings (SSSR count). The average molecular weight is 205 g/mol. The number of nitro groups is 1. The van der Waals surface area contributed by atoms with Gasteiger partial charge < -0.3 is 4.98 Å². The van der Waals surface area contributed by atoms with Crippen molar-refractivity contribution < 1.29 is 4.92 Å². The van der Waals surface area contributed by atoms with Crippen LogP contribution in [-0.2, 0) is 6.42 Å². The maximum atomic E-state index is 10.7. The smallest absolute Gasteiger partial charge is 0.271 e. The van der Waals surface area contributed by atoms with Crippen molar-refractivity contribution in [1.29, 1.82) is 0 Å². The van der Waals surface area contributed by atoms with E-state index in [-0.39, 0.29) is 10.6 Å². The van der Waals surface area contributed by atoms with Gasteiger partial charge in [-0.15, -0.1) is 0 Å². The maximum absolute atomic E-state index is 10.7. The Kier molecular flexibility index (Phi) is 2.15. The van der Waals surface area contributed by atoms with E-state index in [0.717, 1.165) is 28.8 Å². The molecular weight excluding hydrogens is 194 g/mol. The molecule has 0 spiro atoms. The fourth-order valence-corrected chi connectivity index (χ4v) is 1.67. The van der Waals surface area contributed by atoms with Gasteiger partial charge in [0.05, 0.1) is 16.0 Å². The minimum atomic E-state index is -0.380. The molecule has 1 N–H and O–H groups in total. The standard InChI is InChI=1S/C10H11N3O2/c1-3-7-4-8(13(14)15)5-9-10(7)12-6(2)11-9/h4-5H,3H2,1-2H3,(H,11,12). The van der Waals surface area contributed by atoms with E-state index in [1.807, 2.05) is 13.8 Å². The van der Waals surface area contributed by atoms with Crippen molar-refractivity contribution in [2.24, 2.45) is 0 Å². The first kappa shape index (κ1) is 9.64. The highest BCUT2D eigenvalue weighted by atomic mass is 16.6. The molecular formula is C10H11N3O2. The first-order chi connectivity index (χ1) is 7.11. The van der Waals surface area contributed by atoms with E-state index < -0.39 is 0 Å². The van der Waals surface area contributed by atoms with Gasteiger partial charge in [0.25, 0.3) is 5.69 Å². The number of non-ortho nitro benzene ring substituents is 1. The molecule has 0 radical (unpaired) electrons. The normalized spacial score (nSPS) is 10.8. The summed E-state index contributed by atoms with van der Waals surface area (Å²) in [5.41, 5.74) is 2.59. The van der Waals surface area contributed by atoms with Gasteiger partial charge in [-0.1, -0.05) is 6.92 Å². The number of benzene rings is 1. The highest BCUT2D eigenvalue weighted by molar-refractivity contribution is 5.81. The van der Waals surface area contributed by atoms with Crippen molar-refractivity contribution in [2.45, 2.75) is 20.3 Å². The molecule has 1 aromatic carbocycles. The molecule has 0 aliphatic rings. The third-order valence-corrected chi connectivity index (χ3v) is 2.36. The minimum absolute atomic E-state index is 0.114. The largest absolute Gasteiger partial charge is 0.342 e. The molecule has 1 heterocycles. The Morgan fingerprint density at radius 3 is 2.87 bits per heavy atom. The highest BCUT2D eigenvalue weighted by Crippen LogP contribution is 2.23. The Morgan fingerprint density at radius 2 is 2.27 bits per heavy atom. The van der Waals surface area contributed by atoms with Gasteiger partial charge in [0.1, 0.15) is 5.82 Å². The molecule has 0 fully saturated rings. The number of aryl methyl sites for hydroxylation is 2. The van der Waals surface area contributed by atoms with E-state index in [2.05, 4.69) is 9.97 Å². The van der Waals surface area contributed by atoms with Crippen LogP contribution in [0.15, 0.2) is 12.1 Å². The number of aromatic nitrogens is 2. The minimum Gasteiger partial charge on any atom is -0.342 e. The second kappa shape index (κ2) is 3.34. The van der Waals surface area contributed by atoms with Crippen LogP contribution in [0.3, 0.4) is 0 Å². The molecule has 0 unspecified atom stereocenters. The Morgan fingerprint density at radius 1 is 1.53 bits per heavy atom. The van der Waals surface area contributed by atoms with Crippen LogP contribution in [0.25, 0.3) is 11.0 Å². The van der Waals surface area contributed by atoms with E-state index in [1.54, 1.807) is 6.07 Å². The van der Waals surface area contributed by atoms with Crippen LogP contribution >= 0.6 is 0 Å². The first-order valence-electron chi connectivity index (χ1n) is 4.75. The summed E-state index contributed by atoms with van der Waals surface area (Å²) in [6.45, 7) is 3.80. The van der Waals surface area contributed by atoms with Crippen LogP contribution in [0.5, 0.6) is 0 Å². The van der Waals surface area contributed by atoms with Gasteiger partial charge in [-0.05, 0) is 18.9 Å². The molecule has 0 saturated carbocycles. The highest BCUT2D eigenvalue weighted by Gasteiger charge is 2.12. The second-order valence-electron chi connectivity index (χ2n) is 3.43. The molecule has 0 aliphatic heterocycles. The van der Waals surface area contributed by atoms with E-state index in [1.165, 1.54) is 6.07 Å². The molecule has 5 nitrogen and oxygen atoms in total. The molecule has 0 saturated heterocycles. The second-order valence-corrected chi connectivity index (χ2v) is 3.43. The fourth-order valence-electron chi connectivity index (χ4n) is 1.67. The Hall–Kier alpha value is -1.91. The summed E-state index contributed by atoms with van der Waals surface area (Å²) in [7, 11) is 0. The predicted molar refractivity (Wildman–Crippen MR) is 56.9 cm³/mol. The topological polar surface area (TPSA) is 71.8 Å². The summed E-state index contributed by atoms with van der Waals surface area (Å²) in [5, 5.41) is 10.7. The van der Waals surface area contributed by atoms with Crippen LogP contribution in [0.2, 0.25) is 0 Å². The SMILES string of the molecule is CCc1cc([N+](=O)[O-])cc2[nH]c(C)nc12. The molecule has 0 atom stereocenters. The summed E-state index contributed by atoms with van der Waals surface area (Å²) in [6, 6.07) is 3.11. The van der Waals surface area contributed by atoms with Crippen LogP contribution in [0, 0.1) is 17.0 Å². The van der Waals surface area contributed by atoms with Crippen molar-refractivity contribution in [3.8, 4) is 0 Å². The summed E-state index contributed by atoms with van der Waals surface area (Å²) in [6.07, 6.45) is 0.739. The molecule has 15 heavy (non-hydrogen) atoms. The van der Waals surface area contributed by atoms with Crippen molar-refractivity contribution in [2.75, 3.05) is 0 Å². The monoisotopic (exact) mass is 205 g/mol. The third kappa shape index (κ3) is 1.56. The number of rotatable bonds is 2. The number of hydrogen-bond donors (Lipinski definition) is 1. The third-order valence-electron chi connectivity index (χ3n) is 2.36. The molecule has 0 aliphatic carbocycles. The van der Waals surface area contributed by atoms with Crippen molar-refractivity contribution in [1.82, 2.24) is 9.97 Å². The van der Waals surface area contributed by atoms with Gasteiger partial charge in [0.15, 0.2) is 0 Å². The Balaban J connectivity index is 2.76. The fraction of sp³-hybridized carbons (Fsp3) is 0.300. The molecule has 78 valence electrons. The van der Waals surface area contributed by atoms with Crippen molar-refractivity contribution >= 4 is 16.7 Å². The predicted octanol–water partition coefficient (Wildman–Crippen LogP) is 2.34. The van der Waals surface area contributed by atoms with E-state index >= 15 is 0 Å². The van der Waals surface area contributed by atoms with Gasteiger partial charge in [-0.3, -0.25) is 10.1 Å². The van der Waals surface area contributed by atoms with Crippen molar-refractivity contribution in [3.05, 3.63) is 33.6 Å². The number of nitro benzene ring substituents is 1. The van der Waals surface area contributed by atoms with E-state index in [9.17, 15) is 10.1 Å².